The van der Waals surface area contributed by atoms with E-state index < -0.39 is 23.4 Å². The third kappa shape index (κ3) is 3.97. The lowest BCUT2D eigenvalue weighted by molar-refractivity contribution is -0.137. The second-order valence-corrected chi connectivity index (χ2v) is 7.38. The van der Waals surface area contributed by atoms with Crippen LogP contribution in [0.3, 0.4) is 0 Å². The number of nitrogens with zero attached hydrogens (tertiary/aromatic N) is 1. The van der Waals surface area contributed by atoms with Crippen molar-refractivity contribution in [3.8, 4) is 5.75 Å². The molecule has 1 N–H and O–H groups in total. The summed E-state index contributed by atoms with van der Waals surface area (Å²) < 4.78 is 32.4. The number of methoxy groups -OCH3 is 1. The number of para-hydroxylation sites is 1. The fourth-order valence-electron chi connectivity index (χ4n) is 3.55. The molecular weight excluding hydrogens is 414 g/mol. The van der Waals surface area contributed by atoms with Gasteiger partial charge >= 0.3 is 0 Å². The summed E-state index contributed by atoms with van der Waals surface area (Å²) in [5.41, 5.74) is 2.51. The number of aryl methyl sites for hydroxylation is 1. The maximum Gasteiger partial charge on any atom is 0.278 e. The summed E-state index contributed by atoms with van der Waals surface area (Å²) in [7, 11) is 1.51. The summed E-state index contributed by atoms with van der Waals surface area (Å²) in [6.45, 7) is 1.91. The van der Waals surface area contributed by atoms with E-state index in [-0.39, 0.29) is 23.5 Å². The Kier molecular flexibility index (Phi) is 5.73. The molecule has 4 rings (SSSR count). The molecule has 1 aliphatic heterocycles. The van der Waals surface area contributed by atoms with Crippen molar-refractivity contribution in [1.82, 2.24) is 4.90 Å². The van der Waals surface area contributed by atoms with E-state index in [1.165, 1.54) is 13.2 Å². The van der Waals surface area contributed by atoms with Crippen molar-refractivity contribution in [3.05, 3.63) is 101 Å². The Hall–Kier alpha value is -4.00. The lowest BCUT2D eigenvalue weighted by atomic mass is 10.0. The Morgan fingerprint density at radius 1 is 0.906 bits per heavy atom. The molecule has 0 radical (unpaired) electrons. The van der Waals surface area contributed by atoms with Gasteiger partial charge in [0, 0.05) is 17.3 Å². The lowest BCUT2D eigenvalue weighted by Crippen LogP contribution is -2.32. The maximum absolute atomic E-state index is 13.7. The SMILES string of the molecule is COc1ccccc1CN1C(=O)C(Nc2ccc(F)c(F)c2)=C(c2ccc(C)cc2)C1=O. The first-order valence-electron chi connectivity index (χ1n) is 9.90. The average molecular weight is 434 g/mol. The second kappa shape index (κ2) is 8.63. The number of hydrogen-bond acceptors (Lipinski definition) is 4. The molecule has 2 amide bonds. The van der Waals surface area contributed by atoms with Crippen LogP contribution in [0.15, 0.2) is 72.4 Å². The molecule has 0 spiro atoms. The number of ether oxygens (including phenoxy) is 1. The van der Waals surface area contributed by atoms with Crippen LogP contribution in [0.4, 0.5) is 14.5 Å². The molecule has 3 aromatic rings. The van der Waals surface area contributed by atoms with Crippen LogP contribution >= 0.6 is 0 Å². The second-order valence-electron chi connectivity index (χ2n) is 7.38. The minimum absolute atomic E-state index is 0.000000289. The van der Waals surface area contributed by atoms with Gasteiger partial charge in [-0.3, -0.25) is 14.5 Å². The molecule has 3 aromatic carbocycles. The first kappa shape index (κ1) is 21.2. The Labute approximate surface area is 183 Å². The van der Waals surface area contributed by atoms with E-state index in [9.17, 15) is 18.4 Å². The molecule has 0 aromatic heterocycles. The number of carbonyl (C=O) groups is 2. The first-order valence-corrected chi connectivity index (χ1v) is 9.90. The van der Waals surface area contributed by atoms with Crippen molar-refractivity contribution in [2.24, 2.45) is 0 Å². The van der Waals surface area contributed by atoms with Gasteiger partial charge in [0.1, 0.15) is 11.4 Å². The van der Waals surface area contributed by atoms with E-state index in [0.29, 0.717) is 16.9 Å². The minimum atomic E-state index is -1.06. The van der Waals surface area contributed by atoms with Crippen molar-refractivity contribution in [2.45, 2.75) is 13.5 Å². The zero-order valence-corrected chi connectivity index (χ0v) is 17.5. The summed E-state index contributed by atoms with van der Waals surface area (Å²) in [6.07, 6.45) is 0. The van der Waals surface area contributed by atoms with Gasteiger partial charge < -0.3 is 10.1 Å². The molecule has 0 bridgehead atoms. The van der Waals surface area contributed by atoms with Crippen LogP contribution in [0.25, 0.3) is 5.57 Å². The number of amides is 2. The van der Waals surface area contributed by atoms with E-state index in [1.807, 2.05) is 19.1 Å². The maximum atomic E-state index is 13.7. The van der Waals surface area contributed by atoms with Crippen LogP contribution in [0, 0.1) is 18.6 Å². The van der Waals surface area contributed by atoms with Gasteiger partial charge in [-0.25, -0.2) is 8.78 Å². The number of rotatable bonds is 6. The highest BCUT2D eigenvalue weighted by atomic mass is 19.2. The highest BCUT2D eigenvalue weighted by Crippen LogP contribution is 2.33. The number of imide groups is 1. The number of benzene rings is 3. The van der Waals surface area contributed by atoms with Crippen molar-refractivity contribution in [2.75, 3.05) is 12.4 Å². The van der Waals surface area contributed by atoms with Gasteiger partial charge in [0.2, 0.25) is 0 Å². The molecule has 0 unspecified atom stereocenters. The third-order valence-electron chi connectivity index (χ3n) is 5.22. The number of nitrogens with one attached hydrogen (secondary N) is 1. The molecule has 0 saturated carbocycles. The van der Waals surface area contributed by atoms with Gasteiger partial charge in [-0.15, -0.1) is 0 Å². The average Bonchev–Trinajstić information content (AvgIpc) is 3.01. The number of carbonyl (C=O) groups excluding carboxylic acids is 2. The summed E-state index contributed by atoms with van der Waals surface area (Å²) in [5, 5.41) is 2.83. The molecule has 162 valence electrons. The van der Waals surface area contributed by atoms with Crippen molar-refractivity contribution >= 4 is 23.1 Å². The van der Waals surface area contributed by atoms with Crippen molar-refractivity contribution < 1.29 is 23.1 Å². The third-order valence-corrected chi connectivity index (χ3v) is 5.22. The number of anilines is 1. The zero-order chi connectivity index (χ0) is 22.8. The lowest BCUT2D eigenvalue weighted by Gasteiger charge is -2.17. The van der Waals surface area contributed by atoms with Crippen LogP contribution in [0.5, 0.6) is 5.75 Å². The van der Waals surface area contributed by atoms with E-state index in [2.05, 4.69) is 5.32 Å². The highest BCUT2D eigenvalue weighted by Gasteiger charge is 2.39. The van der Waals surface area contributed by atoms with Gasteiger partial charge in [-0.1, -0.05) is 48.0 Å². The number of hydrogen-bond donors (Lipinski definition) is 1. The van der Waals surface area contributed by atoms with Crippen LogP contribution in [0.1, 0.15) is 16.7 Å². The van der Waals surface area contributed by atoms with E-state index in [0.717, 1.165) is 22.6 Å². The van der Waals surface area contributed by atoms with Gasteiger partial charge in [-0.05, 0) is 30.7 Å². The summed E-state index contributed by atoms with van der Waals surface area (Å²) in [6, 6.07) is 17.5. The van der Waals surface area contributed by atoms with Crippen LogP contribution < -0.4 is 10.1 Å². The van der Waals surface area contributed by atoms with Crippen LogP contribution in [-0.4, -0.2) is 23.8 Å². The minimum Gasteiger partial charge on any atom is -0.496 e. The van der Waals surface area contributed by atoms with Crippen molar-refractivity contribution in [1.29, 1.82) is 0 Å². The molecular formula is C25H20F2N2O3. The molecule has 0 saturated heterocycles. The monoisotopic (exact) mass is 434 g/mol. The normalized spacial score (nSPS) is 13.7. The van der Waals surface area contributed by atoms with Gasteiger partial charge in [0.05, 0.1) is 19.2 Å². The molecule has 0 fully saturated rings. The van der Waals surface area contributed by atoms with Crippen LogP contribution in [0.2, 0.25) is 0 Å². The quantitative estimate of drug-likeness (QED) is 0.573. The fraction of sp³-hybridized carbons (Fsp3) is 0.120. The fourth-order valence-corrected chi connectivity index (χ4v) is 3.55. The Morgan fingerprint density at radius 2 is 1.62 bits per heavy atom. The molecule has 0 aliphatic carbocycles. The molecule has 5 nitrogen and oxygen atoms in total. The molecule has 32 heavy (non-hydrogen) atoms. The summed E-state index contributed by atoms with van der Waals surface area (Å²) in [4.78, 5) is 27.8. The Bertz CT molecular complexity index is 1240. The zero-order valence-electron chi connectivity index (χ0n) is 17.5. The smallest absolute Gasteiger partial charge is 0.278 e. The highest BCUT2D eigenvalue weighted by molar-refractivity contribution is 6.36. The van der Waals surface area contributed by atoms with Gasteiger partial charge in [-0.2, -0.15) is 0 Å². The van der Waals surface area contributed by atoms with E-state index in [1.54, 1.807) is 36.4 Å². The van der Waals surface area contributed by atoms with E-state index in [4.69, 9.17) is 4.74 Å². The molecule has 7 heteroatoms. The predicted octanol–water partition coefficient (Wildman–Crippen LogP) is 4.67. The predicted molar refractivity (Wildman–Crippen MR) is 117 cm³/mol. The standard InChI is InChI=1S/C25H20F2N2O3/c1-15-7-9-16(10-8-15)22-23(28-18-11-12-19(26)20(27)13-18)25(31)29(24(22)30)14-17-5-3-4-6-21(17)32-2/h3-13,28H,14H2,1-2H3. The largest absolute Gasteiger partial charge is 0.496 e. The Balaban J connectivity index is 1.75. The first-order chi connectivity index (χ1) is 15.4. The molecule has 0 atom stereocenters. The molecule has 1 heterocycles. The van der Waals surface area contributed by atoms with Gasteiger partial charge in [0.25, 0.3) is 11.8 Å². The topological polar surface area (TPSA) is 58.6 Å². The van der Waals surface area contributed by atoms with Gasteiger partial charge in [0.15, 0.2) is 11.6 Å². The van der Waals surface area contributed by atoms with E-state index >= 15 is 0 Å². The van der Waals surface area contributed by atoms with Crippen molar-refractivity contribution in [3.63, 3.8) is 0 Å². The molecule has 1 aliphatic rings. The summed E-state index contributed by atoms with van der Waals surface area (Å²) >= 11 is 0. The summed E-state index contributed by atoms with van der Waals surface area (Å²) in [5.74, 6) is -2.58. The van der Waals surface area contributed by atoms with Crippen LogP contribution in [-0.2, 0) is 16.1 Å². The Morgan fingerprint density at radius 3 is 2.31 bits per heavy atom. The number of halogens is 2.